The van der Waals surface area contributed by atoms with Gasteiger partial charge in [0.25, 0.3) is 5.91 Å². The van der Waals surface area contributed by atoms with Crippen LogP contribution in [0.1, 0.15) is 40.2 Å². The highest BCUT2D eigenvalue weighted by Crippen LogP contribution is 2.24. The molecule has 0 heterocycles. The average Bonchev–Trinajstić information content (AvgIpc) is 2.55. The second kappa shape index (κ2) is 9.25. The molecular formula is C20H29NO4. The second-order valence-corrected chi connectivity index (χ2v) is 7.09. The molecule has 0 fully saturated rings. The summed E-state index contributed by atoms with van der Waals surface area (Å²) in [6, 6.07) is 7.59. The van der Waals surface area contributed by atoms with Gasteiger partial charge in [-0.25, -0.2) is 4.79 Å². The maximum atomic E-state index is 12.0. The fourth-order valence-electron chi connectivity index (χ4n) is 2.17. The van der Waals surface area contributed by atoms with Gasteiger partial charge in [-0.3, -0.25) is 4.79 Å². The minimum Gasteiger partial charge on any atom is -0.482 e. The Bertz CT molecular complexity index is 599. The molecule has 0 aliphatic carbocycles. The number of hydrogen-bond donors (Lipinski definition) is 0. The maximum Gasteiger partial charge on any atom is 0.344 e. The lowest BCUT2D eigenvalue weighted by molar-refractivity contribution is -0.153. The maximum absolute atomic E-state index is 12.0. The molecule has 0 aromatic heterocycles. The number of amides is 1. The van der Waals surface area contributed by atoms with E-state index in [-0.39, 0.29) is 24.5 Å². The van der Waals surface area contributed by atoms with Gasteiger partial charge in [-0.1, -0.05) is 45.1 Å². The molecule has 5 nitrogen and oxygen atoms in total. The predicted molar refractivity (Wildman–Crippen MR) is 98.7 cm³/mol. The molecule has 0 bridgehead atoms. The number of carbonyl (C=O) groups excluding carboxylic acids is 2. The lowest BCUT2D eigenvalue weighted by Crippen LogP contribution is -2.36. The second-order valence-electron chi connectivity index (χ2n) is 7.09. The van der Waals surface area contributed by atoms with Crippen molar-refractivity contribution in [1.82, 2.24) is 4.90 Å². The van der Waals surface area contributed by atoms with Crippen LogP contribution in [-0.2, 0) is 19.7 Å². The van der Waals surface area contributed by atoms with Gasteiger partial charge < -0.3 is 14.4 Å². The van der Waals surface area contributed by atoms with E-state index in [1.165, 1.54) is 5.56 Å². The van der Waals surface area contributed by atoms with Gasteiger partial charge >= 0.3 is 5.97 Å². The van der Waals surface area contributed by atoms with E-state index in [4.69, 9.17) is 9.47 Å². The molecule has 0 unspecified atom stereocenters. The monoisotopic (exact) mass is 347 g/mol. The number of likely N-dealkylation sites (N-methyl/N-ethyl adjacent to an activating group) is 1. The molecular weight excluding hydrogens is 318 g/mol. The summed E-state index contributed by atoms with van der Waals surface area (Å²) in [5, 5.41) is 0. The molecule has 0 radical (unpaired) electrons. The van der Waals surface area contributed by atoms with Crippen molar-refractivity contribution in [3.63, 3.8) is 0 Å². The largest absolute Gasteiger partial charge is 0.482 e. The molecule has 1 amide bonds. The van der Waals surface area contributed by atoms with Gasteiger partial charge in [0.2, 0.25) is 0 Å². The lowest BCUT2D eigenvalue weighted by atomic mass is 9.87. The van der Waals surface area contributed by atoms with Gasteiger partial charge in [-0.05, 0) is 37.0 Å². The Morgan fingerprint density at radius 2 is 1.72 bits per heavy atom. The molecule has 0 saturated heterocycles. The number of ether oxygens (including phenoxy) is 2. The van der Waals surface area contributed by atoms with Crippen LogP contribution in [0.15, 0.2) is 36.4 Å². The minimum absolute atomic E-state index is 0.0623. The van der Waals surface area contributed by atoms with E-state index < -0.39 is 5.97 Å². The Hall–Kier alpha value is -2.30. The normalized spacial score (nSPS) is 10.9. The first-order valence-electron chi connectivity index (χ1n) is 8.44. The summed E-state index contributed by atoms with van der Waals surface area (Å²) in [4.78, 5) is 25.3. The van der Waals surface area contributed by atoms with Crippen molar-refractivity contribution >= 4 is 11.9 Å². The predicted octanol–water partition coefficient (Wildman–Crippen LogP) is 3.33. The van der Waals surface area contributed by atoms with Crippen LogP contribution in [0.5, 0.6) is 5.75 Å². The third-order valence-electron chi connectivity index (χ3n) is 3.63. The SMILES string of the molecule is C=C(C)CN(CC)C(=O)COC(=O)COc1ccc(C(C)(C)C)cc1. The van der Waals surface area contributed by atoms with Crippen molar-refractivity contribution in [1.29, 1.82) is 0 Å². The minimum atomic E-state index is -0.570. The first kappa shape index (κ1) is 20.7. The van der Waals surface area contributed by atoms with E-state index >= 15 is 0 Å². The molecule has 0 N–H and O–H groups in total. The zero-order valence-corrected chi connectivity index (χ0v) is 15.9. The molecule has 1 aromatic carbocycles. The number of nitrogens with zero attached hydrogens (tertiary/aromatic N) is 1. The molecule has 138 valence electrons. The number of rotatable bonds is 8. The van der Waals surface area contributed by atoms with Crippen LogP contribution in [0.2, 0.25) is 0 Å². The Labute approximate surface area is 150 Å². The number of esters is 1. The van der Waals surface area contributed by atoms with Crippen molar-refractivity contribution in [2.24, 2.45) is 0 Å². The molecule has 0 aliphatic rings. The number of benzene rings is 1. The standard InChI is InChI=1S/C20H29NO4/c1-7-21(12-15(2)3)18(22)13-25-19(23)14-24-17-10-8-16(9-11-17)20(4,5)6/h8-11H,2,7,12-14H2,1,3-6H3. The first-order chi connectivity index (χ1) is 11.6. The van der Waals surface area contributed by atoms with Crippen LogP contribution < -0.4 is 4.74 Å². The Kier molecular flexibility index (Phi) is 7.68. The molecule has 5 heteroatoms. The van der Waals surface area contributed by atoms with Crippen molar-refractivity contribution in [3.8, 4) is 5.75 Å². The first-order valence-corrected chi connectivity index (χ1v) is 8.44. The summed E-state index contributed by atoms with van der Waals surface area (Å²) in [6.45, 7) is 14.4. The number of hydrogen-bond acceptors (Lipinski definition) is 4. The van der Waals surface area contributed by atoms with Crippen LogP contribution in [0.3, 0.4) is 0 Å². The van der Waals surface area contributed by atoms with Crippen molar-refractivity contribution in [2.75, 3.05) is 26.3 Å². The molecule has 0 aliphatic heterocycles. The van der Waals surface area contributed by atoms with Gasteiger partial charge in [0.1, 0.15) is 5.75 Å². The topological polar surface area (TPSA) is 55.8 Å². The van der Waals surface area contributed by atoms with Gasteiger partial charge in [0, 0.05) is 13.1 Å². The van der Waals surface area contributed by atoms with E-state index in [2.05, 4.69) is 27.4 Å². The van der Waals surface area contributed by atoms with Gasteiger partial charge in [-0.2, -0.15) is 0 Å². The molecule has 0 saturated carbocycles. The van der Waals surface area contributed by atoms with Gasteiger partial charge in [-0.15, -0.1) is 0 Å². The highest BCUT2D eigenvalue weighted by Gasteiger charge is 2.15. The zero-order chi connectivity index (χ0) is 19.0. The van der Waals surface area contributed by atoms with Crippen molar-refractivity contribution in [3.05, 3.63) is 42.0 Å². The summed E-state index contributed by atoms with van der Waals surface area (Å²) in [5.74, 6) is -0.221. The van der Waals surface area contributed by atoms with Crippen LogP contribution in [0.4, 0.5) is 0 Å². The fraction of sp³-hybridized carbons (Fsp3) is 0.500. The average molecular weight is 347 g/mol. The van der Waals surface area contributed by atoms with Crippen molar-refractivity contribution < 1.29 is 19.1 Å². The van der Waals surface area contributed by atoms with E-state index in [0.29, 0.717) is 18.8 Å². The fourth-order valence-corrected chi connectivity index (χ4v) is 2.17. The smallest absolute Gasteiger partial charge is 0.344 e. The summed E-state index contributed by atoms with van der Waals surface area (Å²) in [5.41, 5.74) is 2.13. The van der Waals surface area contributed by atoms with E-state index in [1.54, 1.807) is 4.90 Å². The van der Waals surface area contributed by atoms with E-state index in [9.17, 15) is 9.59 Å². The highest BCUT2D eigenvalue weighted by atomic mass is 16.6. The van der Waals surface area contributed by atoms with Crippen LogP contribution in [-0.4, -0.2) is 43.1 Å². The van der Waals surface area contributed by atoms with Crippen LogP contribution in [0.25, 0.3) is 0 Å². The molecule has 25 heavy (non-hydrogen) atoms. The quantitative estimate of drug-likeness (QED) is 0.535. The van der Waals surface area contributed by atoms with E-state index in [1.807, 2.05) is 38.1 Å². The molecule has 0 atom stereocenters. The Morgan fingerprint density at radius 1 is 1.12 bits per heavy atom. The van der Waals surface area contributed by atoms with Crippen LogP contribution in [0, 0.1) is 0 Å². The summed E-state index contributed by atoms with van der Waals surface area (Å²) in [6.07, 6.45) is 0. The zero-order valence-electron chi connectivity index (χ0n) is 15.9. The van der Waals surface area contributed by atoms with Crippen molar-refractivity contribution in [2.45, 2.75) is 40.0 Å². The van der Waals surface area contributed by atoms with E-state index in [0.717, 1.165) is 5.57 Å². The molecule has 1 aromatic rings. The summed E-state index contributed by atoms with van der Waals surface area (Å²) in [7, 11) is 0. The lowest BCUT2D eigenvalue weighted by Gasteiger charge is -2.20. The highest BCUT2D eigenvalue weighted by molar-refractivity contribution is 5.81. The third-order valence-corrected chi connectivity index (χ3v) is 3.63. The summed E-state index contributed by atoms with van der Waals surface area (Å²) < 4.78 is 10.4. The number of carbonyl (C=O) groups is 2. The Balaban J connectivity index is 2.42. The van der Waals surface area contributed by atoms with Gasteiger partial charge in [0.05, 0.1) is 0 Å². The van der Waals surface area contributed by atoms with Gasteiger partial charge in [0.15, 0.2) is 13.2 Å². The molecule has 0 spiro atoms. The third kappa shape index (κ3) is 7.42. The Morgan fingerprint density at radius 3 is 2.20 bits per heavy atom. The summed E-state index contributed by atoms with van der Waals surface area (Å²) >= 11 is 0. The molecule has 1 rings (SSSR count). The van der Waals surface area contributed by atoms with Crippen LogP contribution >= 0.6 is 0 Å².